The standard InChI is InChI=1S/C8H3Cl3N2S/c9-4-2-1-3-5(10)6(4)7-12-13-8(11)14-7/h1-3H. The summed E-state index contributed by atoms with van der Waals surface area (Å²) in [5.41, 5.74) is 0.681. The van der Waals surface area contributed by atoms with Crippen molar-refractivity contribution in [2.75, 3.05) is 0 Å². The summed E-state index contributed by atoms with van der Waals surface area (Å²) in [6.45, 7) is 0. The zero-order valence-corrected chi connectivity index (χ0v) is 9.75. The molecule has 0 amide bonds. The summed E-state index contributed by atoms with van der Waals surface area (Å²) >= 11 is 18.9. The van der Waals surface area contributed by atoms with Gasteiger partial charge in [-0.25, -0.2) is 0 Å². The highest BCUT2D eigenvalue weighted by Crippen LogP contribution is 2.36. The Morgan fingerprint density at radius 3 is 2.14 bits per heavy atom. The van der Waals surface area contributed by atoms with Crippen LogP contribution in [0.15, 0.2) is 18.2 Å². The summed E-state index contributed by atoms with van der Waals surface area (Å²) in [5, 5.41) is 9.29. The Hall–Kier alpha value is -0.350. The molecule has 72 valence electrons. The van der Waals surface area contributed by atoms with E-state index in [-0.39, 0.29) is 0 Å². The minimum absolute atomic E-state index is 0.371. The van der Waals surface area contributed by atoms with Crippen LogP contribution in [0.2, 0.25) is 14.5 Å². The van der Waals surface area contributed by atoms with Gasteiger partial charge < -0.3 is 0 Å². The molecular weight excluding hydrogens is 263 g/mol. The Bertz CT molecular complexity index is 449. The molecule has 1 heterocycles. The third-order valence-corrected chi connectivity index (χ3v) is 3.24. The van der Waals surface area contributed by atoms with Crippen LogP contribution in [0.1, 0.15) is 0 Å². The molecule has 0 bridgehead atoms. The van der Waals surface area contributed by atoms with Crippen LogP contribution in [0.3, 0.4) is 0 Å². The van der Waals surface area contributed by atoms with Crippen LogP contribution in [-0.2, 0) is 0 Å². The molecule has 0 N–H and O–H groups in total. The third kappa shape index (κ3) is 1.86. The maximum absolute atomic E-state index is 5.98. The first kappa shape index (κ1) is 10.2. The number of halogens is 3. The van der Waals surface area contributed by atoms with E-state index in [1.807, 2.05) is 0 Å². The summed E-state index contributed by atoms with van der Waals surface area (Å²) < 4.78 is 0.371. The van der Waals surface area contributed by atoms with Crippen molar-refractivity contribution in [2.24, 2.45) is 0 Å². The molecule has 0 atom stereocenters. The van der Waals surface area contributed by atoms with Crippen molar-refractivity contribution < 1.29 is 0 Å². The minimum atomic E-state index is 0.371. The minimum Gasteiger partial charge on any atom is -0.137 e. The molecule has 0 fully saturated rings. The topological polar surface area (TPSA) is 25.8 Å². The molecule has 1 aromatic heterocycles. The smallest absolute Gasteiger partial charge is 0.137 e. The predicted molar refractivity (Wildman–Crippen MR) is 60.4 cm³/mol. The molecule has 0 aliphatic rings. The number of hydrogen-bond acceptors (Lipinski definition) is 3. The lowest BCUT2D eigenvalue weighted by atomic mass is 10.2. The average molecular weight is 266 g/mol. The van der Waals surface area contributed by atoms with Gasteiger partial charge in [-0.3, -0.25) is 0 Å². The van der Waals surface area contributed by atoms with Crippen molar-refractivity contribution >= 4 is 46.1 Å². The van der Waals surface area contributed by atoms with Gasteiger partial charge >= 0.3 is 0 Å². The van der Waals surface area contributed by atoms with E-state index in [4.69, 9.17) is 34.8 Å². The molecule has 14 heavy (non-hydrogen) atoms. The van der Waals surface area contributed by atoms with Crippen LogP contribution in [0.4, 0.5) is 0 Å². The van der Waals surface area contributed by atoms with Gasteiger partial charge in [0.05, 0.1) is 10.0 Å². The fourth-order valence-corrected chi connectivity index (χ4v) is 2.60. The van der Waals surface area contributed by atoms with Crippen molar-refractivity contribution in [2.45, 2.75) is 0 Å². The largest absolute Gasteiger partial charge is 0.207 e. The molecule has 2 nitrogen and oxygen atoms in total. The third-order valence-electron chi connectivity index (χ3n) is 1.58. The highest BCUT2D eigenvalue weighted by atomic mass is 35.5. The lowest BCUT2D eigenvalue weighted by Gasteiger charge is -2.00. The fourth-order valence-electron chi connectivity index (χ4n) is 1.01. The predicted octanol–water partition coefficient (Wildman–Crippen LogP) is 4.17. The van der Waals surface area contributed by atoms with E-state index >= 15 is 0 Å². The first-order valence-corrected chi connectivity index (χ1v) is 5.57. The second kappa shape index (κ2) is 4.03. The van der Waals surface area contributed by atoms with Gasteiger partial charge in [-0.15, -0.1) is 10.2 Å². The van der Waals surface area contributed by atoms with Gasteiger partial charge in [-0.2, -0.15) is 0 Å². The lowest BCUT2D eigenvalue weighted by Crippen LogP contribution is -1.80. The molecule has 0 aliphatic heterocycles. The molecular formula is C8H3Cl3N2S. The van der Waals surface area contributed by atoms with Crippen LogP contribution >= 0.6 is 46.1 Å². The van der Waals surface area contributed by atoms with Crippen molar-refractivity contribution in [3.05, 3.63) is 32.7 Å². The van der Waals surface area contributed by atoms with E-state index in [1.165, 1.54) is 11.3 Å². The second-order valence-electron chi connectivity index (χ2n) is 2.46. The fraction of sp³-hybridized carbons (Fsp3) is 0. The summed E-state index contributed by atoms with van der Waals surface area (Å²) in [7, 11) is 0. The monoisotopic (exact) mass is 264 g/mol. The SMILES string of the molecule is Clc1nnc(-c2c(Cl)cccc2Cl)s1. The number of aromatic nitrogens is 2. The summed E-state index contributed by atoms with van der Waals surface area (Å²) in [5.74, 6) is 0. The van der Waals surface area contributed by atoms with Crippen molar-refractivity contribution in [3.8, 4) is 10.6 Å². The number of hydrogen-bond donors (Lipinski definition) is 0. The second-order valence-corrected chi connectivity index (χ2v) is 4.83. The molecule has 0 unspecified atom stereocenters. The molecule has 2 rings (SSSR count). The van der Waals surface area contributed by atoms with Crippen molar-refractivity contribution in [1.82, 2.24) is 10.2 Å². The highest BCUT2D eigenvalue weighted by Gasteiger charge is 2.12. The van der Waals surface area contributed by atoms with Crippen molar-refractivity contribution in [1.29, 1.82) is 0 Å². The Morgan fingerprint density at radius 1 is 1.00 bits per heavy atom. The quantitative estimate of drug-likeness (QED) is 0.773. The first-order chi connectivity index (χ1) is 6.68. The molecule has 0 spiro atoms. The number of benzene rings is 1. The van der Waals surface area contributed by atoms with Gasteiger partial charge in [0, 0.05) is 5.56 Å². The van der Waals surface area contributed by atoms with Crippen LogP contribution in [0.25, 0.3) is 10.6 Å². The van der Waals surface area contributed by atoms with Crippen LogP contribution < -0.4 is 0 Å². The van der Waals surface area contributed by atoms with Gasteiger partial charge in [0.15, 0.2) is 5.01 Å². The Kier molecular flexibility index (Phi) is 2.93. The van der Waals surface area contributed by atoms with Crippen LogP contribution in [0.5, 0.6) is 0 Å². The van der Waals surface area contributed by atoms with Gasteiger partial charge in [0.2, 0.25) is 4.47 Å². The molecule has 0 saturated heterocycles. The number of rotatable bonds is 1. The Balaban J connectivity index is 2.61. The van der Waals surface area contributed by atoms with E-state index in [0.29, 0.717) is 25.1 Å². The maximum Gasteiger partial charge on any atom is 0.207 e. The molecule has 6 heteroatoms. The molecule has 1 aromatic carbocycles. The average Bonchev–Trinajstić information content (AvgIpc) is 2.51. The maximum atomic E-state index is 5.98. The Labute approximate surface area is 99.4 Å². The summed E-state index contributed by atoms with van der Waals surface area (Å²) in [6, 6.07) is 5.27. The normalized spacial score (nSPS) is 10.5. The van der Waals surface area contributed by atoms with E-state index in [2.05, 4.69) is 10.2 Å². The highest BCUT2D eigenvalue weighted by molar-refractivity contribution is 7.18. The lowest BCUT2D eigenvalue weighted by molar-refractivity contribution is 1.10. The van der Waals surface area contributed by atoms with Gasteiger partial charge in [-0.05, 0) is 23.7 Å². The van der Waals surface area contributed by atoms with E-state index < -0.39 is 0 Å². The van der Waals surface area contributed by atoms with Crippen LogP contribution in [-0.4, -0.2) is 10.2 Å². The Morgan fingerprint density at radius 2 is 1.64 bits per heavy atom. The molecule has 0 radical (unpaired) electrons. The molecule has 2 aromatic rings. The van der Waals surface area contributed by atoms with Crippen molar-refractivity contribution in [3.63, 3.8) is 0 Å². The van der Waals surface area contributed by atoms with E-state index in [0.717, 1.165) is 0 Å². The van der Waals surface area contributed by atoms with E-state index in [1.54, 1.807) is 18.2 Å². The summed E-state index contributed by atoms with van der Waals surface area (Å²) in [6.07, 6.45) is 0. The molecule has 0 saturated carbocycles. The number of nitrogens with zero attached hydrogens (tertiary/aromatic N) is 2. The van der Waals surface area contributed by atoms with E-state index in [9.17, 15) is 0 Å². The van der Waals surface area contributed by atoms with Gasteiger partial charge in [0.1, 0.15) is 0 Å². The van der Waals surface area contributed by atoms with Gasteiger partial charge in [0.25, 0.3) is 0 Å². The zero-order chi connectivity index (χ0) is 10.1. The summed E-state index contributed by atoms with van der Waals surface area (Å²) in [4.78, 5) is 0. The zero-order valence-electron chi connectivity index (χ0n) is 6.67. The molecule has 0 aliphatic carbocycles. The first-order valence-electron chi connectivity index (χ1n) is 3.62. The van der Waals surface area contributed by atoms with Gasteiger partial charge in [-0.1, -0.05) is 40.6 Å². The van der Waals surface area contributed by atoms with Crippen LogP contribution in [0, 0.1) is 0 Å².